The number of nitrogens with one attached hydrogen (secondary N) is 1. The first-order valence-electron chi connectivity index (χ1n) is 6.48. The summed E-state index contributed by atoms with van der Waals surface area (Å²) in [5.74, 6) is -1.09. The van der Waals surface area contributed by atoms with Crippen LogP contribution in [0.15, 0.2) is 27.8 Å². The highest BCUT2D eigenvalue weighted by atomic mass is 16.4. The second kappa shape index (κ2) is 5.53. The van der Waals surface area contributed by atoms with E-state index in [0.717, 1.165) is 0 Å². The summed E-state index contributed by atoms with van der Waals surface area (Å²) in [5, 5.41) is 9.00. The molecular weight excluding hydrogens is 274 g/mol. The van der Waals surface area contributed by atoms with Crippen LogP contribution in [0.5, 0.6) is 0 Å². The van der Waals surface area contributed by atoms with Crippen LogP contribution >= 0.6 is 0 Å². The van der Waals surface area contributed by atoms with Crippen molar-refractivity contribution in [3.05, 3.63) is 44.5 Å². The van der Waals surface area contributed by atoms with Gasteiger partial charge in [-0.05, 0) is 39.2 Å². The molecular formula is C14H17N3O4. The van der Waals surface area contributed by atoms with Gasteiger partial charge in [-0.2, -0.15) is 0 Å². The largest absolute Gasteiger partial charge is 0.478 e. The predicted octanol–water partition coefficient (Wildman–Crippen LogP) is 0.511. The highest BCUT2D eigenvalue weighted by Gasteiger charge is 2.15. The van der Waals surface area contributed by atoms with E-state index in [2.05, 4.69) is 4.98 Å². The molecule has 1 unspecified atom stereocenters. The molecule has 0 aliphatic heterocycles. The topological polar surface area (TPSA) is 95.4 Å². The fourth-order valence-electron chi connectivity index (χ4n) is 2.42. The minimum atomic E-state index is -1.09. The van der Waals surface area contributed by atoms with Gasteiger partial charge < -0.3 is 15.0 Å². The van der Waals surface area contributed by atoms with Crippen molar-refractivity contribution in [2.75, 3.05) is 20.6 Å². The minimum absolute atomic E-state index is 0.0589. The first-order valence-corrected chi connectivity index (χ1v) is 6.48. The second-order valence-electron chi connectivity index (χ2n) is 5.28. The van der Waals surface area contributed by atoms with E-state index in [0.29, 0.717) is 17.6 Å². The van der Waals surface area contributed by atoms with Crippen molar-refractivity contribution in [2.45, 2.75) is 13.0 Å². The Morgan fingerprint density at radius 1 is 1.38 bits per heavy atom. The van der Waals surface area contributed by atoms with E-state index in [1.807, 2.05) is 25.9 Å². The normalized spacial score (nSPS) is 12.8. The number of aromatic amines is 1. The highest BCUT2D eigenvalue weighted by molar-refractivity contribution is 5.92. The molecule has 21 heavy (non-hydrogen) atoms. The van der Waals surface area contributed by atoms with Gasteiger partial charge in [-0.25, -0.2) is 4.79 Å². The Kier molecular flexibility index (Phi) is 3.95. The number of likely N-dealkylation sites (N-methyl/N-ethyl adjacent to an activating group) is 1. The maximum Gasteiger partial charge on any atom is 0.335 e. The number of benzene rings is 1. The Balaban J connectivity index is 2.74. The van der Waals surface area contributed by atoms with Crippen molar-refractivity contribution in [3.63, 3.8) is 0 Å². The number of aromatic carboxylic acids is 1. The fourth-order valence-corrected chi connectivity index (χ4v) is 2.42. The van der Waals surface area contributed by atoms with E-state index in [9.17, 15) is 14.4 Å². The molecule has 2 rings (SSSR count). The Bertz CT molecular complexity index is 804. The predicted molar refractivity (Wildman–Crippen MR) is 79.1 cm³/mol. The lowest BCUT2D eigenvalue weighted by Crippen LogP contribution is -2.40. The number of hydrogen-bond acceptors (Lipinski definition) is 4. The third kappa shape index (κ3) is 2.87. The van der Waals surface area contributed by atoms with Crippen LogP contribution in [0.1, 0.15) is 23.3 Å². The Morgan fingerprint density at radius 2 is 2.05 bits per heavy atom. The van der Waals surface area contributed by atoms with Gasteiger partial charge in [-0.3, -0.25) is 14.2 Å². The monoisotopic (exact) mass is 291 g/mol. The first-order chi connectivity index (χ1) is 9.81. The molecule has 1 heterocycles. The molecule has 0 saturated heterocycles. The van der Waals surface area contributed by atoms with E-state index < -0.39 is 17.1 Å². The number of fused-ring (bicyclic) bond motifs is 1. The molecule has 2 aromatic rings. The zero-order valence-electron chi connectivity index (χ0n) is 12.1. The van der Waals surface area contributed by atoms with Crippen molar-refractivity contribution in [1.29, 1.82) is 0 Å². The summed E-state index contributed by atoms with van der Waals surface area (Å²) in [6, 6.07) is 4.11. The molecule has 1 aromatic heterocycles. The van der Waals surface area contributed by atoms with Gasteiger partial charge in [0.1, 0.15) is 0 Å². The zero-order valence-corrected chi connectivity index (χ0v) is 12.1. The zero-order chi connectivity index (χ0) is 15.7. The molecule has 0 aliphatic rings. The maximum absolute atomic E-state index is 12.1. The summed E-state index contributed by atoms with van der Waals surface area (Å²) in [5.41, 5.74) is -0.483. The molecule has 1 aromatic carbocycles. The average molecular weight is 291 g/mol. The molecule has 1 atom stereocenters. The number of carboxylic acid groups (broad SMARTS) is 1. The summed E-state index contributed by atoms with van der Waals surface area (Å²) >= 11 is 0. The van der Waals surface area contributed by atoms with Gasteiger partial charge in [0.2, 0.25) is 0 Å². The molecule has 0 fully saturated rings. The number of rotatable bonds is 4. The van der Waals surface area contributed by atoms with Gasteiger partial charge in [0, 0.05) is 12.6 Å². The molecule has 0 amide bonds. The standard InChI is InChI=1S/C14H17N3O4/c1-8(7-16(2)3)17-11-5-4-9(14(20)21)6-10(11)15-12(18)13(17)19/h4-6,8H,7H2,1-3H3,(H,15,18)(H,20,21). The molecule has 0 bridgehead atoms. The molecule has 0 saturated carbocycles. The second-order valence-corrected chi connectivity index (χ2v) is 5.28. The minimum Gasteiger partial charge on any atom is -0.478 e. The summed E-state index contributed by atoms with van der Waals surface area (Å²) in [7, 11) is 3.75. The summed E-state index contributed by atoms with van der Waals surface area (Å²) in [4.78, 5) is 39.2. The number of aromatic nitrogens is 2. The molecule has 7 nitrogen and oxygen atoms in total. The van der Waals surface area contributed by atoms with Crippen LogP contribution in [0.2, 0.25) is 0 Å². The van der Waals surface area contributed by atoms with Gasteiger partial charge in [0.25, 0.3) is 0 Å². The quantitative estimate of drug-likeness (QED) is 0.800. The van der Waals surface area contributed by atoms with Gasteiger partial charge >= 0.3 is 17.1 Å². The van der Waals surface area contributed by atoms with Gasteiger partial charge in [0.15, 0.2) is 0 Å². The highest BCUT2D eigenvalue weighted by Crippen LogP contribution is 2.15. The van der Waals surface area contributed by atoms with Crippen LogP contribution in [-0.4, -0.2) is 46.2 Å². The van der Waals surface area contributed by atoms with Gasteiger partial charge in [0.05, 0.1) is 16.6 Å². The SMILES string of the molecule is CC(CN(C)C)n1c(=O)c(=O)[nH]c2cc(C(=O)O)ccc21. The molecule has 112 valence electrons. The van der Waals surface area contributed by atoms with Crippen molar-refractivity contribution in [1.82, 2.24) is 14.5 Å². The molecule has 0 radical (unpaired) electrons. The van der Waals surface area contributed by atoms with Crippen molar-refractivity contribution < 1.29 is 9.90 Å². The Hall–Kier alpha value is -2.41. The third-order valence-electron chi connectivity index (χ3n) is 3.23. The van der Waals surface area contributed by atoms with Crippen molar-refractivity contribution in [3.8, 4) is 0 Å². The van der Waals surface area contributed by atoms with Crippen LogP contribution in [0, 0.1) is 0 Å². The van der Waals surface area contributed by atoms with Crippen molar-refractivity contribution >= 4 is 17.0 Å². The Labute approximate surface area is 120 Å². The molecule has 7 heteroatoms. The number of H-pyrrole nitrogens is 1. The van der Waals surface area contributed by atoms with E-state index >= 15 is 0 Å². The van der Waals surface area contributed by atoms with E-state index in [4.69, 9.17) is 5.11 Å². The third-order valence-corrected chi connectivity index (χ3v) is 3.23. The number of carbonyl (C=O) groups is 1. The smallest absolute Gasteiger partial charge is 0.335 e. The lowest BCUT2D eigenvalue weighted by atomic mass is 10.1. The van der Waals surface area contributed by atoms with Crippen LogP contribution in [0.3, 0.4) is 0 Å². The summed E-state index contributed by atoms with van der Waals surface area (Å²) in [6.07, 6.45) is 0. The molecule has 2 N–H and O–H groups in total. The van der Waals surface area contributed by atoms with E-state index in [1.165, 1.54) is 16.7 Å². The first kappa shape index (κ1) is 15.0. The van der Waals surface area contributed by atoms with Crippen LogP contribution in [-0.2, 0) is 0 Å². The number of hydrogen-bond donors (Lipinski definition) is 2. The van der Waals surface area contributed by atoms with Crippen LogP contribution < -0.4 is 11.1 Å². The summed E-state index contributed by atoms with van der Waals surface area (Å²) in [6.45, 7) is 2.42. The molecule has 0 aliphatic carbocycles. The lowest BCUT2D eigenvalue weighted by Gasteiger charge is -2.21. The number of nitrogens with zero attached hydrogens (tertiary/aromatic N) is 2. The average Bonchev–Trinajstić information content (AvgIpc) is 2.38. The van der Waals surface area contributed by atoms with Crippen LogP contribution in [0.4, 0.5) is 0 Å². The van der Waals surface area contributed by atoms with Crippen LogP contribution in [0.25, 0.3) is 11.0 Å². The number of carboxylic acids is 1. The lowest BCUT2D eigenvalue weighted by molar-refractivity contribution is 0.0697. The summed E-state index contributed by atoms with van der Waals surface area (Å²) < 4.78 is 1.40. The van der Waals surface area contributed by atoms with E-state index in [-0.39, 0.29) is 11.6 Å². The van der Waals surface area contributed by atoms with Crippen molar-refractivity contribution in [2.24, 2.45) is 0 Å². The fraction of sp³-hybridized carbons (Fsp3) is 0.357. The molecule has 0 spiro atoms. The van der Waals surface area contributed by atoms with E-state index in [1.54, 1.807) is 6.07 Å². The van der Waals surface area contributed by atoms with Gasteiger partial charge in [-0.1, -0.05) is 0 Å². The Morgan fingerprint density at radius 3 is 2.62 bits per heavy atom. The van der Waals surface area contributed by atoms with Gasteiger partial charge in [-0.15, -0.1) is 0 Å². The maximum atomic E-state index is 12.1.